The number of hydrogen-bond acceptors (Lipinski definition) is 2. The molecule has 0 atom stereocenters. The molecule has 0 aliphatic carbocycles. The zero-order valence-electron chi connectivity index (χ0n) is 9.66. The quantitative estimate of drug-likeness (QED) is 0.691. The third-order valence-corrected chi connectivity index (χ3v) is 4.47. The first-order chi connectivity index (χ1) is 8.66. The number of carbonyl (C=O) groups is 1. The minimum atomic E-state index is 0.0936. The van der Waals surface area contributed by atoms with E-state index < -0.39 is 0 Å². The Kier molecular flexibility index (Phi) is 2.84. The summed E-state index contributed by atoms with van der Waals surface area (Å²) in [5, 5.41) is 2.92. The molecule has 2 heterocycles. The van der Waals surface area contributed by atoms with Gasteiger partial charge in [-0.05, 0) is 36.1 Å². The zero-order chi connectivity index (χ0) is 12.7. The molecule has 3 rings (SSSR count). The standard InChI is InChI=1S/C14H10BrNOS/c1-8-4-5-18-14(8)13(17)11-7-16-12-6-9(15)2-3-10(11)12/h2-7,16H,1H3. The number of ketones is 1. The largest absolute Gasteiger partial charge is 0.360 e. The summed E-state index contributed by atoms with van der Waals surface area (Å²) < 4.78 is 1.00. The first-order valence-electron chi connectivity index (χ1n) is 5.52. The Bertz CT molecular complexity index is 741. The third kappa shape index (κ3) is 1.82. The van der Waals surface area contributed by atoms with Crippen LogP contribution in [0, 0.1) is 6.92 Å². The summed E-state index contributed by atoms with van der Waals surface area (Å²) in [6, 6.07) is 7.87. The third-order valence-electron chi connectivity index (χ3n) is 2.96. The van der Waals surface area contributed by atoms with Crippen molar-refractivity contribution in [3.05, 3.63) is 56.3 Å². The highest BCUT2D eigenvalue weighted by molar-refractivity contribution is 9.10. The van der Waals surface area contributed by atoms with Crippen molar-refractivity contribution < 1.29 is 4.79 Å². The number of H-pyrrole nitrogens is 1. The van der Waals surface area contributed by atoms with Gasteiger partial charge in [0, 0.05) is 27.1 Å². The van der Waals surface area contributed by atoms with E-state index in [9.17, 15) is 4.79 Å². The van der Waals surface area contributed by atoms with Gasteiger partial charge in [0.15, 0.2) is 0 Å². The Morgan fingerprint density at radius 1 is 1.33 bits per heavy atom. The number of aromatic nitrogens is 1. The van der Waals surface area contributed by atoms with E-state index in [4.69, 9.17) is 0 Å². The van der Waals surface area contributed by atoms with Crippen LogP contribution in [0.4, 0.5) is 0 Å². The number of nitrogens with one attached hydrogen (secondary N) is 1. The number of fused-ring (bicyclic) bond motifs is 1. The number of rotatable bonds is 2. The molecule has 0 saturated carbocycles. The molecule has 0 aliphatic rings. The number of carbonyl (C=O) groups excluding carboxylic acids is 1. The van der Waals surface area contributed by atoms with Crippen molar-refractivity contribution in [3.63, 3.8) is 0 Å². The summed E-state index contributed by atoms with van der Waals surface area (Å²) in [5.41, 5.74) is 2.75. The lowest BCUT2D eigenvalue weighted by atomic mass is 10.1. The van der Waals surface area contributed by atoms with Gasteiger partial charge in [0.1, 0.15) is 0 Å². The van der Waals surface area contributed by atoms with Gasteiger partial charge in [-0.1, -0.05) is 22.0 Å². The fraction of sp³-hybridized carbons (Fsp3) is 0.0714. The molecule has 0 aliphatic heterocycles. The number of aryl methyl sites for hydroxylation is 1. The SMILES string of the molecule is Cc1ccsc1C(=O)c1c[nH]c2cc(Br)ccc12. The van der Waals surface area contributed by atoms with Crippen LogP contribution in [0.15, 0.2) is 40.3 Å². The van der Waals surface area contributed by atoms with Gasteiger partial charge in [-0.15, -0.1) is 11.3 Å². The molecule has 18 heavy (non-hydrogen) atoms. The van der Waals surface area contributed by atoms with Gasteiger partial charge in [0.2, 0.25) is 5.78 Å². The van der Waals surface area contributed by atoms with Gasteiger partial charge in [-0.2, -0.15) is 0 Å². The van der Waals surface area contributed by atoms with Crippen LogP contribution in [0.25, 0.3) is 10.9 Å². The van der Waals surface area contributed by atoms with Crippen molar-refractivity contribution >= 4 is 44.0 Å². The molecule has 3 aromatic rings. The topological polar surface area (TPSA) is 32.9 Å². The number of benzene rings is 1. The highest BCUT2D eigenvalue weighted by Gasteiger charge is 2.17. The van der Waals surface area contributed by atoms with Crippen molar-refractivity contribution in [1.82, 2.24) is 4.98 Å². The van der Waals surface area contributed by atoms with E-state index in [1.165, 1.54) is 11.3 Å². The van der Waals surface area contributed by atoms with E-state index in [1.54, 1.807) is 6.20 Å². The van der Waals surface area contributed by atoms with Crippen LogP contribution < -0.4 is 0 Å². The van der Waals surface area contributed by atoms with Crippen molar-refractivity contribution in [1.29, 1.82) is 0 Å². The normalized spacial score (nSPS) is 11.0. The van der Waals surface area contributed by atoms with Crippen LogP contribution in [0.3, 0.4) is 0 Å². The molecule has 1 N–H and O–H groups in total. The maximum Gasteiger partial charge on any atom is 0.205 e. The number of aromatic amines is 1. The molecule has 0 amide bonds. The first-order valence-corrected chi connectivity index (χ1v) is 7.19. The summed E-state index contributed by atoms with van der Waals surface area (Å²) in [4.78, 5) is 16.4. The molecule has 0 bridgehead atoms. The molecular formula is C14H10BrNOS. The Labute approximate surface area is 117 Å². The molecule has 90 valence electrons. The summed E-state index contributed by atoms with van der Waals surface area (Å²) in [7, 11) is 0. The summed E-state index contributed by atoms with van der Waals surface area (Å²) in [6.07, 6.45) is 1.79. The average Bonchev–Trinajstić information content (AvgIpc) is 2.94. The van der Waals surface area contributed by atoms with E-state index in [0.29, 0.717) is 0 Å². The lowest BCUT2D eigenvalue weighted by molar-refractivity contribution is 0.104. The number of thiophene rings is 1. The molecule has 2 nitrogen and oxygen atoms in total. The second-order valence-electron chi connectivity index (χ2n) is 4.15. The van der Waals surface area contributed by atoms with E-state index >= 15 is 0 Å². The molecule has 4 heteroatoms. The maximum absolute atomic E-state index is 12.5. The second-order valence-corrected chi connectivity index (χ2v) is 5.99. The van der Waals surface area contributed by atoms with Crippen molar-refractivity contribution in [3.8, 4) is 0 Å². The number of hydrogen-bond donors (Lipinski definition) is 1. The van der Waals surface area contributed by atoms with E-state index in [1.807, 2.05) is 36.6 Å². The fourth-order valence-electron chi connectivity index (χ4n) is 2.01. The molecule has 0 radical (unpaired) electrons. The lowest BCUT2D eigenvalue weighted by Gasteiger charge is -1.98. The minimum Gasteiger partial charge on any atom is -0.360 e. The van der Waals surface area contributed by atoms with Crippen molar-refractivity contribution in [2.75, 3.05) is 0 Å². The fourth-order valence-corrected chi connectivity index (χ4v) is 3.25. The summed E-state index contributed by atoms with van der Waals surface area (Å²) >= 11 is 4.92. The molecule has 0 saturated heterocycles. The van der Waals surface area contributed by atoms with Gasteiger partial charge < -0.3 is 4.98 Å². The van der Waals surface area contributed by atoms with Gasteiger partial charge in [-0.25, -0.2) is 0 Å². The zero-order valence-corrected chi connectivity index (χ0v) is 12.1. The van der Waals surface area contributed by atoms with Gasteiger partial charge >= 0.3 is 0 Å². The van der Waals surface area contributed by atoms with Crippen LogP contribution >= 0.6 is 27.3 Å². The molecule has 0 fully saturated rings. The molecule has 1 aromatic carbocycles. The van der Waals surface area contributed by atoms with Gasteiger partial charge in [0.25, 0.3) is 0 Å². The Morgan fingerprint density at radius 3 is 2.89 bits per heavy atom. The van der Waals surface area contributed by atoms with Crippen LogP contribution in [0.1, 0.15) is 20.8 Å². The second kappa shape index (κ2) is 4.37. The highest BCUT2D eigenvalue weighted by atomic mass is 79.9. The average molecular weight is 320 g/mol. The Balaban J connectivity index is 2.16. The molecular weight excluding hydrogens is 310 g/mol. The minimum absolute atomic E-state index is 0.0936. The maximum atomic E-state index is 12.5. The van der Waals surface area contributed by atoms with Crippen LogP contribution in [0.5, 0.6) is 0 Å². The first kappa shape index (κ1) is 11.7. The van der Waals surface area contributed by atoms with Gasteiger partial charge in [-0.3, -0.25) is 4.79 Å². The van der Waals surface area contributed by atoms with E-state index in [2.05, 4.69) is 20.9 Å². The summed E-state index contributed by atoms with van der Waals surface area (Å²) in [5.74, 6) is 0.0936. The molecule has 2 aromatic heterocycles. The van der Waals surface area contributed by atoms with Crippen molar-refractivity contribution in [2.45, 2.75) is 6.92 Å². The van der Waals surface area contributed by atoms with Gasteiger partial charge in [0.05, 0.1) is 4.88 Å². The number of halogens is 1. The predicted octanol–water partition coefficient (Wildman–Crippen LogP) is 4.53. The smallest absolute Gasteiger partial charge is 0.205 e. The Morgan fingerprint density at radius 2 is 2.17 bits per heavy atom. The molecule has 0 spiro atoms. The van der Waals surface area contributed by atoms with Crippen LogP contribution in [0.2, 0.25) is 0 Å². The van der Waals surface area contributed by atoms with E-state index in [-0.39, 0.29) is 5.78 Å². The molecule has 0 unspecified atom stereocenters. The monoisotopic (exact) mass is 319 g/mol. The Hall–Kier alpha value is -1.39. The van der Waals surface area contributed by atoms with Crippen LogP contribution in [-0.4, -0.2) is 10.8 Å². The highest BCUT2D eigenvalue weighted by Crippen LogP contribution is 2.27. The van der Waals surface area contributed by atoms with Crippen LogP contribution in [-0.2, 0) is 0 Å². The van der Waals surface area contributed by atoms with E-state index in [0.717, 1.165) is 31.4 Å². The predicted molar refractivity (Wildman–Crippen MR) is 78.5 cm³/mol. The summed E-state index contributed by atoms with van der Waals surface area (Å²) in [6.45, 7) is 1.97. The lowest BCUT2D eigenvalue weighted by Crippen LogP contribution is -1.99. The van der Waals surface area contributed by atoms with Crippen molar-refractivity contribution in [2.24, 2.45) is 0 Å².